The van der Waals surface area contributed by atoms with Crippen molar-refractivity contribution in [3.8, 4) is 0 Å². The molecule has 2 aromatic rings. The number of aryl methyl sites for hydroxylation is 2. The highest BCUT2D eigenvalue weighted by atomic mass is 79.9. The van der Waals surface area contributed by atoms with Crippen LogP contribution in [0, 0.1) is 0 Å². The minimum atomic E-state index is -0.0767. The van der Waals surface area contributed by atoms with Crippen LogP contribution in [0.1, 0.15) is 28.5 Å². The SMILES string of the molecule is CCc1nn(C)cc1CNC(=O)c1cccc(Br)c1. The Bertz CT molecular complexity index is 592. The predicted molar refractivity (Wildman–Crippen MR) is 77.9 cm³/mol. The third-order valence-corrected chi connectivity index (χ3v) is 3.35. The van der Waals surface area contributed by atoms with Crippen molar-refractivity contribution in [2.24, 2.45) is 7.05 Å². The van der Waals surface area contributed by atoms with Crippen LogP contribution >= 0.6 is 15.9 Å². The van der Waals surface area contributed by atoms with E-state index in [0.29, 0.717) is 12.1 Å². The van der Waals surface area contributed by atoms with Crippen molar-refractivity contribution in [2.75, 3.05) is 0 Å². The molecule has 0 fully saturated rings. The summed E-state index contributed by atoms with van der Waals surface area (Å²) in [5.41, 5.74) is 2.74. The molecule has 19 heavy (non-hydrogen) atoms. The lowest BCUT2D eigenvalue weighted by atomic mass is 10.2. The van der Waals surface area contributed by atoms with E-state index >= 15 is 0 Å². The monoisotopic (exact) mass is 321 g/mol. The number of hydrogen-bond acceptors (Lipinski definition) is 2. The zero-order valence-electron chi connectivity index (χ0n) is 11.0. The van der Waals surface area contributed by atoms with Crippen molar-refractivity contribution >= 4 is 21.8 Å². The normalized spacial score (nSPS) is 10.5. The van der Waals surface area contributed by atoms with E-state index in [9.17, 15) is 4.79 Å². The highest BCUT2D eigenvalue weighted by Gasteiger charge is 2.09. The van der Waals surface area contributed by atoms with Gasteiger partial charge in [0.05, 0.1) is 5.69 Å². The fraction of sp³-hybridized carbons (Fsp3) is 0.286. The predicted octanol–water partition coefficient (Wildman–Crippen LogP) is 2.68. The average Bonchev–Trinajstić information content (AvgIpc) is 2.76. The Balaban J connectivity index is 2.04. The van der Waals surface area contributed by atoms with E-state index in [1.165, 1.54) is 0 Å². The molecule has 2 rings (SSSR count). The standard InChI is InChI=1S/C14H16BrN3O/c1-3-13-11(9-18(2)17-13)8-16-14(19)10-5-4-6-12(15)7-10/h4-7,9H,3,8H2,1-2H3,(H,16,19). The second-order valence-corrected chi connectivity index (χ2v) is 5.24. The van der Waals surface area contributed by atoms with Crippen molar-refractivity contribution < 1.29 is 4.79 Å². The molecule has 1 amide bonds. The first-order valence-corrected chi connectivity index (χ1v) is 6.94. The lowest BCUT2D eigenvalue weighted by molar-refractivity contribution is 0.0951. The molecule has 4 nitrogen and oxygen atoms in total. The second-order valence-electron chi connectivity index (χ2n) is 4.32. The number of nitrogens with one attached hydrogen (secondary N) is 1. The molecular weight excluding hydrogens is 306 g/mol. The summed E-state index contributed by atoms with van der Waals surface area (Å²) in [4.78, 5) is 12.0. The van der Waals surface area contributed by atoms with E-state index < -0.39 is 0 Å². The molecule has 100 valence electrons. The molecule has 0 saturated heterocycles. The zero-order valence-corrected chi connectivity index (χ0v) is 12.6. The molecule has 0 saturated carbocycles. The summed E-state index contributed by atoms with van der Waals surface area (Å²) < 4.78 is 2.68. The number of carbonyl (C=O) groups is 1. The third-order valence-electron chi connectivity index (χ3n) is 2.85. The summed E-state index contributed by atoms with van der Waals surface area (Å²) in [6.07, 6.45) is 2.81. The molecule has 0 aliphatic heterocycles. The Morgan fingerprint density at radius 3 is 2.95 bits per heavy atom. The van der Waals surface area contributed by atoms with Crippen LogP contribution in [0.5, 0.6) is 0 Å². The lowest BCUT2D eigenvalue weighted by Crippen LogP contribution is -2.23. The number of carbonyl (C=O) groups excluding carboxylic acids is 1. The van der Waals surface area contributed by atoms with Crippen LogP contribution in [0.3, 0.4) is 0 Å². The fourth-order valence-corrected chi connectivity index (χ4v) is 2.34. The molecule has 0 radical (unpaired) electrons. The Morgan fingerprint density at radius 2 is 2.26 bits per heavy atom. The molecule has 1 N–H and O–H groups in total. The van der Waals surface area contributed by atoms with Gasteiger partial charge in [-0.2, -0.15) is 5.10 Å². The molecule has 5 heteroatoms. The molecule has 0 bridgehead atoms. The maximum atomic E-state index is 12.0. The summed E-state index contributed by atoms with van der Waals surface area (Å²) in [6, 6.07) is 7.34. The molecule has 0 unspecified atom stereocenters. The Labute approximate surface area is 120 Å². The number of aromatic nitrogens is 2. The van der Waals surface area contributed by atoms with E-state index in [1.54, 1.807) is 16.8 Å². The van der Waals surface area contributed by atoms with E-state index in [-0.39, 0.29) is 5.91 Å². The quantitative estimate of drug-likeness (QED) is 0.941. The van der Waals surface area contributed by atoms with E-state index in [0.717, 1.165) is 22.2 Å². The van der Waals surface area contributed by atoms with E-state index in [2.05, 4.69) is 33.3 Å². The van der Waals surface area contributed by atoms with Crippen molar-refractivity contribution in [1.29, 1.82) is 0 Å². The topological polar surface area (TPSA) is 46.9 Å². The minimum Gasteiger partial charge on any atom is -0.348 e. The molecule has 0 aliphatic carbocycles. The van der Waals surface area contributed by atoms with Gasteiger partial charge in [0.25, 0.3) is 5.91 Å². The number of amides is 1. The minimum absolute atomic E-state index is 0.0767. The van der Waals surface area contributed by atoms with Crippen LogP contribution in [0.15, 0.2) is 34.9 Å². The van der Waals surface area contributed by atoms with Crippen LogP contribution in [0.25, 0.3) is 0 Å². The molecule has 0 atom stereocenters. The number of rotatable bonds is 4. The van der Waals surface area contributed by atoms with Crippen molar-refractivity contribution in [3.63, 3.8) is 0 Å². The summed E-state index contributed by atoms with van der Waals surface area (Å²) in [5.74, 6) is -0.0767. The van der Waals surface area contributed by atoms with E-state index in [1.807, 2.05) is 25.4 Å². The third kappa shape index (κ3) is 3.44. The Hall–Kier alpha value is -1.62. The largest absolute Gasteiger partial charge is 0.348 e. The Morgan fingerprint density at radius 1 is 1.47 bits per heavy atom. The second kappa shape index (κ2) is 6.02. The lowest BCUT2D eigenvalue weighted by Gasteiger charge is -2.05. The highest BCUT2D eigenvalue weighted by Crippen LogP contribution is 2.12. The van der Waals surface area contributed by atoms with Crippen molar-refractivity contribution in [3.05, 3.63) is 51.8 Å². The molecule has 1 aromatic carbocycles. The Kier molecular flexibility index (Phi) is 4.37. The molecule has 0 aliphatic rings. The van der Waals surface area contributed by atoms with Crippen molar-refractivity contribution in [2.45, 2.75) is 19.9 Å². The van der Waals surface area contributed by atoms with Gasteiger partial charge in [0.15, 0.2) is 0 Å². The molecule has 0 spiro atoms. The summed E-state index contributed by atoms with van der Waals surface area (Å²) in [6.45, 7) is 2.56. The number of halogens is 1. The van der Waals surface area contributed by atoms with Gasteiger partial charge >= 0.3 is 0 Å². The summed E-state index contributed by atoms with van der Waals surface area (Å²) in [5, 5.41) is 7.27. The van der Waals surface area contributed by atoms with Crippen LogP contribution in [-0.2, 0) is 20.0 Å². The zero-order chi connectivity index (χ0) is 13.8. The first-order valence-electron chi connectivity index (χ1n) is 6.15. The van der Waals surface area contributed by atoms with Gasteiger partial charge in [-0.25, -0.2) is 0 Å². The summed E-state index contributed by atoms with van der Waals surface area (Å²) >= 11 is 3.36. The number of benzene rings is 1. The van der Waals surface area contributed by atoms with E-state index in [4.69, 9.17) is 0 Å². The van der Waals surface area contributed by atoms with Gasteiger partial charge in [-0.3, -0.25) is 9.48 Å². The van der Waals surface area contributed by atoms with Crippen LogP contribution in [0.4, 0.5) is 0 Å². The molecule has 1 heterocycles. The van der Waals surface area contributed by atoms with Gasteiger partial charge in [0.1, 0.15) is 0 Å². The first kappa shape index (κ1) is 13.8. The fourth-order valence-electron chi connectivity index (χ4n) is 1.94. The molecule has 1 aromatic heterocycles. The highest BCUT2D eigenvalue weighted by molar-refractivity contribution is 9.10. The van der Waals surface area contributed by atoms with Crippen molar-refractivity contribution in [1.82, 2.24) is 15.1 Å². The van der Waals surface area contributed by atoms with Gasteiger partial charge in [-0.05, 0) is 24.6 Å². The van der Waals surface area contributed by atoms with Gasteiger partial charge in [0.2, 0.25) is 0 Å². The van der Waals surface area contributed by atoms with Crippen LogP contribution in [-0.4, -0.2) is 15.7 Å². The maximum absolute atomic E-state index is 12.0. The van der Waals surface area contributed by atoms with Gasteiger partial charge in [-0.15, -0.1) is 0 Å². The van der Waals surface area contributed by atoms with Crippen LogP contribution < -0.4 is 5.32 Å². The van der Waals surface area contributed by atoms with Crippen LogP contribution in [0.2, 0.25) is 0 Å². The first-order chi connectivity index (χ1) is 9.10. The van der Waals surface area contributed by atoms with Gasteiger partial charge in [-0.1, -0.05) is 28.9 Å². The smallest absolute Gasteiger partial charge is 0.251 e. The summed E-state index contributed by atoms with van der Waals surface area (Å²) in [7, 11) is 1.89. The molecular formula is C14H16BrN3O. The van der Waals surface area contributed by atoms with Gasteiger partial charge in [0, 0.05) is 35.4 Å². The maximum Gasteiger partial charge on any atom is 0.251 e. The average molecular weight is 322 g/mol. The number of hydrogen-bond donors (Lipinski definition) is 1. The number of nitrogens with zero attached hydrogens (tertiary/aromatic N) is 2. The van der Waals surface area contributed by atoms with Gasteiger partial charge < -0.3 is 5.32 Å².